The van der Waals surface area contributed by atoms with Crippen LogP contribution in [0.5, 0.6) is 0 Å². The number of allylic oxidation sites excluding steroid dienone is 3. The fourth-order valence-corrected chi connectivity index (χ4v) is 6.89. The van der Waals surface area contributed by atoms with Crippen molar-refractivity contribution in [3.63, 3.8) is 0 Å². The van der Waals surface area contributed by atoms with E-state index in [1.807, 2.05) is 73.6 Å². The van der Waals surface area contributed by atoms with Crippen molar-refractivity contribution in [2.75, 3.05) is 46.8 Å². The molecule has 0 aliphatic carbocycles. The number of ether oxygens (including phenoxy) is 1. The Kier molecular flexibility index (Phi) is 13.9. The topological polar surface area (TPSA) is 142 Å². The third-order valence-corrected chi connectivity index (χ3v) is 10.1. The molecule has 3 aromatic carbocycles. The molecule has 288 valence electrons. The number of hydrazine groups is 1. The van der Waals surface area contributed by atoms with Gasteiger partial charge in [0.2, 0.25) is 11.8 Å². The molecule has 0 bridgehead atoms. The number of alkyl carbamates (subject to hydrolysis) is 1. The molecule has 5 amide bonds. The van der Waals surface area contributed by atoms with Crippen LogP contribution in [0.4, 0.5) is 9.59 Å². The van der Waals surface area contributed by atoms with E-state index >= 15 is 0 Å². The zero-order chi connectivity index (χ0) is 39.6. The van der Waals surface area contributed by atoms with Crippen LogP contribution < -0.4 is 10.6 Å². The van der Waals surface area contributed by atoms with E-state index in [4.69, 9.17) is 27.9 Å². The second kappa shape index (κ2) is 18.8. The number of urea groups is 1. The van der Waals surface area contributed by atoms with Crippen LogP contribution >= 0.6 is 23.2 Å². The van der Waals surface area contributed by atoms with Gasteiger partial charge in [0.15, 0.2) is 0 Å². The van der Waals surface area contributed by atoms with Crippen LogP contribution in [0, 0.1) is 11.3 Å². The maximum absolute atomic E-state index is 14.5. The summed E-state index contributed by atoms with van der Waals surface area (Å²) < 4.78 is 5.28. The van der Waals surface area contributed by atoms with E-state index in [1.54, 1.807) is 41.1 Å². The van der Waals surface area contributed by atoms with Crippen molar-refractivity contribution in [2.24, 2.45) is 0 Å². The highest BCUT2D eigenvalue weighted by Crippen LogP contribution is 2.32. The molecule has 2 aliphatic rings. The summed E-state index contributed by atoms with van der Waals surface area (Å²) in [5, 5.41) is 20.8. The van der Waals surface area contributed by atoms with E-state index in [0.717, 1.165) is 16.3 Å². The van der Waals surface area contributed by atoms with Crippen LogP contribution in [0.25, 0.3) is 10.8 Å². The number of likely N-dealkylation sites (N-methyl/N-ethyl adjacent to an activating group) is 1. The summed E-state index contributed by atoms with van der Waals surface area (Å²) in [7, 11) is 3.78. The minimum Gasteiger partial charge on any atom is -0.411 e. The molecule has 0 aromatic heterocycles. The van der Waals surface area contributed by atoms with Crippen LogP contribution in [0.1, 0.15) is 24.5 Å². The second-order valence-electron chi connectivity index (χ2n) is 13.4. The molecule has 2 saturated heterocycles. The zero-order valence-electron chi connectivity index (χ0n) is 31.0. The number of amides is 5. The minimum absolute atomic E-state index is 0.0842. The number of hydrogen-bond acceptors (Lipinski definition) is 8. The van der Waals surface area contributed by atoms with Crippen molar-refractivity contribution in [1.82, 2.24) is 35.4 Å². The lowest BCUT2D eigenvalue weighted by Crippen LogP contribution is -2.65. The first-order valence-electron chi connectivity index (χ1n) is 17.7. The monoisotopic (exact) mass is 786 g/mol. The maximum Gasteiger partial charge on any atom is 0.412 e. The molecule has 13 nitrogen and oxygen atoms in total. The van der Waals surface area contributed by atoms with E-state index in [0.29, 0.717) is 34.3 Å². The van der Waals surface area contributed by atoms with Gasteiger partial charge in [-0.2, -0.15) is 10.3 Å². The van der Waals surface area contributed by atoms with Crippen molar-refractivity contribution >= 4 is 57.9 Å². The molecular formula is C40H44Cl2N8O5. The van der Waals surface area contributed by atoms with E-state index < -0.39 is 24.3 Å². The third kappa shape index (κ3) is 10.2. The van der Waals surface area contributed by atoms with Gasteiger partial charge in [0, 0.05) is 32.6 Å². The van der Waals surface area contributed by atoms with E-state index in [9.17, 15) is 24.4 Å². The molecule has 0 unspecified atom stereocenters. The van der Waals surface area contributed by atoms with E-state index in [-0.39, 0.29) is 56.7 Å². The van der Waals surface area contributed by atoms with Gasteiger partial charge < -0.3 is 30.1 Å². The van der Waals surface area contributed by atoms with Crippen molar-refractivity contribution < 1.29 is 23.9 Å². The lowest BCUT2D eigenvalue weighted by molar-refractivity contribution is -0.157. The zero-order valence-corrected chi connectivity index (χ0v) is 32.5. The van der Waals surface area contributed by atoms with Crippen molar-refractivity contribution in [1.29, 1.82) is 5.26 Å². The van der Waals surface area contributed by atoms with Gasteiger partial charge in [-0.25, -0.2) is 14.6 Å². The second-order valence-corrected chi connectivity index (χ2v) is 14.2. The van der Waals surface area contributed by atoms with Gasteiger partial charge >= 0.3 is 12.1 Å². The molecule has 55 heavy (non-hydrogen) atoms. The van der Waals surface area contributed by atoms with Gasteiger partial charge in [-0.05, 0) is 66.7 Å². The lowest BCUT2D eigenvalue weighted by atomic mass is 9.98. The molecule has 0 radical (unpaired) electrons. The molecule has 5 rings (SSSR count). The molecule has 2 N–H and O–H groups in total. The number of nitriles is 1. The molecule has 2 aliphatic heterocycles. The van der Waals surface area contributed by atoms with Crippen LogP contribution in [-0.4, -0.2) is 108 Å². The average molecular weight is 788 g/mol. The molecule has 2 heterocycles. The van der Waals surface area contributed by atoms with Gasteiger partial charge in [0.25, 0.3) is 0 Å². The standard InChI is InChI=1S/C40H44Cl2N8O5/c1-5-28(14-13-27(2)55-40(54)44-18-20-46(3)4)22-35-38(52)47(24-31-11-8-10-30-9-6-7-12-32(30)31)25-36-49(26-37(51)50(35)36)48(19-17-43)39(53)45-23-29-15-16-33(41)34(42)21-29/h5-16,21,35-36H,2,18-20,22-26H2,1,3-4H3,(H,44,54)(H,45,53)/b14-13-,28-5+/t35-,36+/m0/s1. The number of nitrogens with zero attached hydrogens (tertiary/aromatic N) is 6. The molecule has 0 saturated carbocycles. The first-order valence-corrected chi connectivity index (χ1v) is 18.5. The Balaban J connectivity index is 1.40. The van der Waals surface area contributed by atoms with Gasteiger partial charge in [-0.3, -0.25) is 9.59 Å². The largest absolute Gasteiger partial charge is 0.412 e. The molecular weight excluding hydrogens is 743 g/mol. The van der Waals surface area contributed by atoms with Crippen LogP contribution in [-0.2, 0) is 27.4 Å². The van der Waals surface area contributed by atoms with Gasteiger partial charge in [0.1, 0.15) is 24.5 Å². The Morgan fingerprint density at radius 2 is 1.82 bits per heavy atom. The molecule has 3 aromatic rings. The summed E-state index contributed by atoms with van der Waals surface area (Å²) in [6.07, 6.45) is 3.75. The number of piperazine rings is 1. The summed E-state index contributed by atoms with van der Waals surface area (Å²) in [4.78, 5) is 59.5. The predicted octanol–water partition coefficient (Wildman–Crippen LogP) is 5.67. The normalized spacial score (nSPS) is 17.4. The van der Waals surface area contributed by atoms with Crippen LogP contribution in [0.2, 0.25) is 10.0 Å². The van der Waals surface area contributed by atoms with Crippen LogP contribution in [0.3, 0.4) is 0 Å². The maximum atomic E-state index is 14.5. The Labute approximate surface area is 330 Å². The summed E-state index contributed by atoms with van der Waals surface area (Å²) in [6, 6.07) is 19.3. The lowest BCUT2D eigenvalue weighted by Gasteiger charge is -2.46. The highest BCUT2D eigenvalue weighted by molar-refractivity contribution is 6.42. The van der Waals surface area contributed by atoms with Crippen molar-refractivity contribution in [2.45, 2.75) is 38.6 Å². The van der Waals surface area contributed by atoms with E-state index in [2.05, 4.69) is 17.2 Å². The Morgan fingerprint density at radius 1 is 1.05 bits per heavy atom. The van der Waals surface area contributed by atoms with Gasteiger partial charge in [-0.1, -0.05) is 90.5 Å². The summed E-state index contributed by atoms with van der Waals surface area (Å²) in [5.41, 5.74) is 2.29. The van der Waals surface area contributed by atoms with Crippen molar-refractivity contribution in [3.05, 3.63) is 118 Å². The number of rotatable bonds is 14. The Bertz CT molecular complexity index is 2040. The third-order valence-electron chi connectivity index (χ3n) is 9.34. The summed E-state index contributed by atoms with van der Waals surface area (Å²) >= 11 is 12.2. The van der Waals surface area contributed by atoms with Crippen LogP contribution in [0.15, 0.2) is 96.8 Å². The highest BCUT2D eigenvalue weighted by atomic mass is 35.5. The average Bonchev–Trinajstić information content (AvgIpc) is 3.48. The number of carbonyl (C=O) groups excluding carboxylic acids is 4. The number of hydrogen-bond donors (Lipinski definition) is 2. The SMILES string of the molecule is C=C(/C=C\C(=C/C)C[C@H]1C(=O)N(Cc2cccc3ccccc23)C[C@H]2N1C(=O)CN2N(CC#N)C(=O)NCc1ccc(Cl)c(Cl)c1)OC(=O)NCCN(C)C. The van der Waals surface area contributed by atoms with Gasteiger partial charge in [0.05, 0.1) is 29.2 Å². The number of carbonyl (C=O) groups is 4. The smallest absolute Gasteiger partial charge is 0.411 e. The Morgan fingerprint density at radius 3 is 2.55 bits per heavy atom. The molecule has 2 fully saturated rings. The molecule has 2 atom stereocenters. The van der Waals surface area contributed by atoms with E-state index in [1.165, 1.54) is 16.0 Å². The number of fused-ring (bicyclic) bond motifs is 2. The minimum atomic E-state index is -0.950. The fraction of sp³-hybridized carbons (Fsp3) is 0.325. The van der Waals surface area contributed by atoms with Crippen molar-refractivity contribution in [3.8, 4) is 6.07 Å². The fourth-order valence-electron chi connectivity index (χ4n) is 6.57. The first-order chi connectivity index (χ1) is 26.4. The Hall–Kier alpha value is -5.39. The predicted molar refractivity (Wildman–Crippen MR) is 211 cm³/mol. The highest BCUT2D eigenvalue weighted by Gasteiger charge is 2.52. The number of benzene rings is 3. The number of halogens is 2. The number of nitrogens with one attached hydrogen (secondary N) is 2. The molecule has 15 heteroatoms. The summed E-state index contributed by atoms with van der Waals surface area (Å²) in [6.45, 7) is 6.51. The molecule has 0 spiro atoms. The quantitative estimate of drug-likeness (QED) is 0.121. The first kappa shape index (κ1) is 40.8. The van der Waals surface area contributed by atoms with Gasteiger partial charge in [-0.15, -0.1) is 0 Å². The summed E-state index contributed by atoms with van der Waals surface area (Å²) in [5.74, 6) is -0.539.